The fourth-order valence-electron chi connectivity index (χ4n) is 2.10. The number of benzene rings is 2. The highest BCUT2D eigenvalue weighted by Crippen LogP contribution is 2.31. The Morgan fingerprint density at radius 3 is 2.60 bits per heavy atom. The van der Waals surface area contributed by atoms with E-state index in [0.29, 0.717) is 26.9 Å². The average molecular weight is 382 g/mol. The number of anilines is 1. The molecule has 0 aliphatic carbocycles. The van der Waals surface area contributed by atoms with Gasteiger partial charge in [-0.15, -0.1) is 11.8 Å². The van der Waals surface area contributed by atoms with Crippen LogP contribution in [-0.4, -0.2) is 24.6 Å². The summed E-state index contributed by atoms with van der Waals surface area (Å²) in [5, 5.41) is 3.27. The molecule has 0 radical (unpaired) electrons. The third kappa shape index (κ3) is 4.96. The molecule has 1 N–H and O–H groups in total. The highest BCUT2D eigenvalue weighted by molar-refractivity contribution is 8.00. The van der Waals surface area contributed by atoms with Gasteiger partial charge in [-0.05, 0) is 37.6 Å². The van der Waals surface area contributed by atoms with E-state index in [1.54, 1.807) is 12.1 Å². The highest BCUT2D eigenvalue weighted by Gasteiger charge is 2.13. The predicted octanol–water partition coefficient (Wildman–Crippen LogP) is 4.73. The Kier molecular flexibility index (Phi) is 6.45. The molecule has 0 atom stereocenters. The van der Waals surface area contributed by atoms with Crippen LogP contribution < -0.4 is 10.1 Å². The van der Waals surface area contributed by atoms with Gasteiger partial charge in [0.15, 0.2) is 5.78 Å². The van der Waals surface area contributed by atoms with E-state index < -0.39 is 5.82 Å². The van der Waals surface area contributed by atoms with Gasteiger partial charge in [0.05, 0.1) is 18.6 Å². The van der Waals surface area contributed by atoms with Crippen LogP contribution in [0, 0.1) is 12.7 Å². The lowest BCUT2D eigenvalue weighted by atomic mass is 10.1. The van der Waals surface area contributed by atoms with Crippen LogP contribution in [0.15, 0.2) is 35.2 Å². The molecule has 0 bridgehead atoms. The van der Waals surface area contributed by atoms with Crippen molar-refractivity contribution in [1.29, 1.82) is 0 Å². The van der Waals surface area contributed by atoms with Gasteiger partial charge in [-0.1, -0.05) is 17.7 Å². The molecular formula is C18H17ClFNO3S. The molecule has 7 heteroatoms. The van der Waals surface area contributed by atoms with Crippen LogP contribution in [-0.2, 0) is 4.79 Å². The maximum atomic E-state index is 14.0. The van der Waals surface area contributed by atoms with Crippen molar-refractivity contribution >= 4 is 40.7 Å². The highest BCUT2D eigenvalue weighted by atomic mass is 35.5. The predicted molar refractivity (Wildman–Crippen MR) is 98.5 cm³/mol. The summed E-state index contributed by atoms with van der Waals surface area (Å²) in [4.78, 5) is 23.7. The molecule has 0 saturated carbocycles. The van der Waals surface area contributed by atoms with Gasteiger partial charge in [0, 0.05) is 21.5 Å². The van der Waals surface area contributed by atoms with E-state index in [0.717, 1.165) is 17.3 Å². The van der Waals surface area contributed by atoms with Gasteiger partial charge in [0.1, 0.15) is 11.6 Å². The normalized spacial score (nSPS) is 10.4. The second kappa shape index (κ2) is 8.36. The van der Waals surface area contributed by atoms with Crippen molar-refractivity contribution in [2.45, 2.75) is 18.7 Å². The molecule has 2 rings (SSSR count). The Morgan fingerprint density at radius 1 is 1.28 bits per heavy atom. The van der Waals surface area contributed by atoms with Crippen molar-refractivity contribution in [2.24, 2.45) is 0 Å². The number of nitrogens with one attached hydrogen (secondary N) is 1. The minimum atomic E-state index is -0.523. The Morgan fingerprint density at radius 2 is 2.00 bits per heavy atom. The van der Waals surface area contributed by atoms with Crippen LogP contribution >= 0.6 is 23.4 Å². The molecule has 0 unspecified atom stereocenters. The van der Waals surface area contributed by atoms with E-state index in [1.807, 2.05) is 6.92 Å². The molecule has 0 aliphatic heterocycles. The second-order valence-corrected chi connectivity index (χ2v) is 6.76. The maximum Gasteiger partial charge on any atom is 0.234 e. The molecule has 132 valence electrons. The van der Waals surface area contributed by atoms with Crippen LogP contribution in [0.4, 0.5) is 10.1 Å². The first-order chi connectivity index (χ1) is 11.8. The number of aryl methyl sites for hydroxylation is 1. The van der Waals surface area contributed by atoms with Crippen LogP contribution in [0.1, 0.15) is 22.8 Å². The first-order valence-corrected chi connectivity index (χ1v) is 8.75. The number of hydrogen-bond acceptors (Lipinski definition) is 4. The summed E-state index contributed by atoms with van der Waals surface area (Å²) in [5.41, 5.74) is 1.60. The lowest BCUT2D eigenvalue weighted by Gasteiger charge is -2.12. The molecule has 0 spiro atoms. The molecule has 2 aromatic carbocycles. The Hall–Kier alpha value is -2.05. The Labute approximate surface area is 154 Å². The molecular weight excluding hydrogens is 365 g/mol. The van der Waals surface area contributed by atoms with E-state index >= 15 is 0 Å². The smallest absolute Gasteiger partial charge is 0.234 e. The fourth-order valence-corrected chi connectivity index (χ4v) is 2.97. The van der Waals surface area contributed by atoms with Gasteiger partial charge >= 0.3 is 0 Å². The minimum Gasteiger partial charge on any atom is -0.495 e. The largest absolute Gasteiger partial charge is 0.495 e. The van der Waals surface area contributed by atoms with Gasteiger partial charge in [-0.2, -0.15) is 0 Å². The summed E-state index contributed by atoms with van der Waals surface area (Å²) in [7, 11) is 1.48. The van der Waals surface area contributed by atoms with Gasteiger partial charge in [0.2, 0.25) is 5.91 Å². The quantitative estimate of drug-likeness (QED) is 0.580. The summed E-state index contributed by atoms with van der Waals surface area (Å²) < 4.78 is 19.2. The van der Waals surface area contributed by atoms with E-state index in [9.17, 15) is 14.0 Å². The monoisotopic (exact) mass is 381 g/mol. The third-order valence-corrected chi connectivity index (χ3v) is 4.91. The molecule has 0 heterocycles. The minimum absolute atomic E-state index is 0.0150. The first-order valence-electron chi connectivity index (χ1n) is 7.39. The Bertz CT molecular complexity index is 826. The van der Waals surface area contributed by atoms with Crippen LogP contribution in [0.3, 0.4) is 0 Å². The standard InChI is InChI=1S/C18H17ClFNO3S/c1-10-6-15(16(24-3)8-13(10)19)21-18(23)9-25-17-5-4-12(11(2)22)7-14(17)20/h4-8H,9H2,1-3H3,(H,21,23). The lowest BCUT2D eigenvalue weighted by Crippen LogP contribution is -2.15. The van der Waals surface area contributed by atoms with Crippen molar-refractivity contribution in [3.63, 3.8) is 0 Å². The fraction of sp³-hybridized carbons (Fsp3) is 0.222. The van der Waals surface area contributed by atoms with Gasteiger partial charge in [0.25, 0.3) is 0 Å². The maximum absolute atomic E-state index is 14.0. The number of hydrogen-bond donors (Lipinski definition) is 1. The molecule has 4 nitrogen and oxygen atoms in total. The van der Waals surface area contributed by atoms with E-state index in [-0.39, 0.29) is 17.4 Å². The SMILES string of the molecule is COc1cc(Cl)c(C)cc1NC(=O)CSc1ccc(C(C)=O)cc1F. The Balaban J connectivity index is 2.04. The first kappa shape index (κ1) is 19.3. The van der Waals surface area contributed by atoms with Crippen molar-refractivity contribution in [3.8, 4) is 5.75 Å². The zero-order chi connectivity index (χ0) is 18.6. The average Bonchev–Trinajstić information content (AvgIpc) is 2.56. The number of Topliss-reactive ketones (excluding diaryl/α,β-unsaturated/α-hetero) is 1. The zero-order valence-corrected chi connectivity index (χ0v) is 15.6. The summed E-state index contributed by atoms with van der Waals surface area (Å²) >= 11 is 7.08. The molecule has 0 aromatic heterocycles. The summed E-state index contributed by atoms with van der Waals surface area (Å²) in [6.07, 6.45) is 0. The molecule has 25 heavy (non-hydrogen) atoms. The molecule has 2 aromatic rings. The van der Waals surface area contributed by atoms with Gasteiger partial charge in [-0.25, -0.2) is 4.39 Å². The van der Waals surface area contributed by atoms with Crippen molar-refractivity contribution in [3.05, 3.63) is 52.3 Å². The number of ketones is 1. The number of halogens is 2. The lowest BCUT2D eigenvalue weighted by molar-refractivity contribution is -0.113. The molecule has 0 fully saturated rings. The van der Waals surface area contributed by atoms with E-state index in [4.69, 9.17) is 16.3 Å². The summed E-state index contributed by atoms with van der Waals surface area (Å²) in [6.45, 7) is 3.19. The summed E-state index contributed by atoms with van der Waals surface area (Å²) in [6, 6.07) is 7.55. The molecule has 0 aliphatic rings. The van der Waals surface area contributed by atoms with E-state index in [2.05, 4.69) is 5.32 Å². The number of rotatable bonds is 6. The molecule has 1 amide bonds. The number of carbonyl (C=O) groups excluding carboxylic acids is 2. The number of thioether (sulfide) groups is 1. The van der Waals surface area contributed by atoms with Crippen LogP contribution in [0.5, 0.6) is 5.75 Å². The van der Waals surface area contributed by atoms with Crippen molar-refractivity contribution < 1.29 is 18.7 Å². The molecule has 0 saturated heterocycles. The third-order valence-electron chi connectivity index (χ3n) is 3.45. The number of ether oxygens (including phenoxy) is 1. The number of methoxy groups -OCH3 is 1. The van der Waals surface area contributed by atoms with Crippen LogP contribution in [0.2, 0.25) is 5.02 Å². The topological polar surface area (TPSA) is 55.4 Å². The van der Waals surface area contributed by atoms with Gasteiger partial charge < -0.3 is 10.1 Å². The van der Waals surface area contributed by atoms with Gasteiger partial charge in [-0.3, -0.25) is 9.59 Å². The van der Waals surface area contributed by atoms with Crippen molar-refractivity contribution in [2.75, 3.05) is 18.2 Å². The van der Waals surface area contributed by atoms with Crippen molar-refractivity contribution in [1.82, 2.24) is 0 Å². The number of amides is 1. The van der Waals surface area contributed by atoms with Crippen LogP contribution in [0.25, 0.3) is 0 Å². The number of carbonyl (C=O) groups is 2. The second-order valence-electron chi connectivity index (χ2n) is 5.34. The van der Waals surface area contributed by atoms with E-state index in [1.165, 1.54) is 32.2 Å². The zero-order valence-electron chi connectivity index (χ0n) is 14.0. The summed E-state index contributed by atoms with van der Waals surface area (Å²) in [5.74, 6) is -0.573.